The zero-order valence-electron chi connectivity index (χ0n) is 15.6. The topological polar surface area (TPSA) is 40.3 Å². The van der Waals surface area contributed by atoms with Gasteiger partial charge in [-0.1, -0.05) is 30.3 Å². The summed E-state index contributed by atoms with van der Waals surface area (Å²) >= 11 is 5.18. The van der Waals surface area contributed by atoms with Crippen LogP contribution in [0.4, 0.5) is 32.0 Å². The molecule has 1 aliphatic rings. The molecule has 2 heterocycles. The van der Waals surface area contributed by atoms with Crippen molar-refractivity contribution < 1.29 is 31.1 Å². The molecule has 0 aliphatic carbocycles. The number of aromatic nitrogens is 1. The molecule has 1 aliphatic heterocycles. The van der Waals surface area contributed by atoms with Crippen LogP contribution in [-0.4, -0.2) is 34.1 Å². The van der Waals surface area contributed by atoms with Gasteiger partial charge in [-0.2, -0.15) is 13.2 Å². The summed E-state index contributed by atoms with van der Waals surface area (Å²) in [6, 6.07) is 9.84. The standard InChI is InChI=1S/C20H15F6N3OS/c21-19(22,23)17-16-12(11-5-1-2-6-13(11)27-16)9-10-29(17)18(31)28-14-7-3-4-8-15(14)30-20(24,25)26/h1-8,17,27H,9-10H2,(H,28,31)/t17-/m1/s1. The van der Waals surface area contributed by atoms with Crippen molar-refractivity contribution in [2.24, 2.45) is 0 Å². The molecule has 0 spiro atoms. The van der Waals surface area contributed by atoms with E-state index >= 15 is 0 Å². The van der Waals surface area contributed by atoms with Crippen LogP contribution in [0.5, 0.6) is 5.75 Å². The summed E-state index contributed by atoms with van der Waals surface area (Å²) in [5.74, 6) is -0.593. The number of benzene rings is 2. The lowest BCUT2D eigenvalue weighted by atomic mass is 9.97. The number of halogens is 6. The molecule has 0 amide bonds. The highest BCUT2D eigenvalue weighted by Crippen LogP contribution is 2.44. The Morgan fingerprint density at radius 1 is 1.03 bits per heavy atom. The van der Waals surface area contributed by atoms with Gasteiger partial charge in [-0.25, -0.2) is 0 Å². The predicted octanol–water partition coefficient (Wildman–Crippen LogP) is 5.93. The van der Waals surface area contributed by atoms with E-state index < -0.39 is 24.3 Å². The number of hydrogen-bond acceptors (Lipinski definition) is 2. The van der Waals surface area contributed by atoms with Crippen molar-refractivity contribution in [1.82, 2.24) is 9.88 Å². The largest absolute Gasteiger partial charge is 0.573 e. The molecule has 31 heavy (non-hydrogen) atoms. The van der Waals surface area contributed by atoms with E-state index in [1.807, 2.05) is 0 Å². The Labute approximate surface area is 177 Å². The number of nitrogens with one attached hydrogen (secondary N) is 2. The number of aromatic amines is 1. The van der Waals surface area contributed by atoms with Crippen molar-refractivity contribution in [3.8, 4) is 5.75 Å². The van der Waals surface area contributed by atoms with E-state index in [2.05, 4.69) is 15.0 Å². The van der Waals surface area contributed by atoms with Crippen LogP contribution in [0.1, 0.15) is 17.3 Å². The van der Waals surface area contributed by atoms with E-state index in [-0.39, 0.29) is 29.5 Å². The Morgan fingerprint density at radius 3 is 2.42 bits per heavy atom. The maximum atomic E-state index is 14.1. The number of alkyl halides is 6. The molecule has 4 rings (SSSR count). The molecule has 164 valence electrons. The number of hydrogen-bond donors (Lipinski definition) is 2. The lowest BCUT2D eigenvalue weighted by Crippen LogP contribution is -2.48. The van der Waals surface area contributed by atoms with Gasteiger partial charge in [-0.15, -0.1) is 13.2 Å². The third-order valence-electron chi connectivity index (χ3n) is 4.96. The number of rotatable bonds is 2. The molecule has 2 N–H and O–H groups in total. The summed E-state index contributed by atoms with van der Waals surface area (Å²) in [4.78, 5) is 3.77. The van der Waals surface area contributed by atoms with Gasteiger partial charge in [0, 0.05) is 17.4 Å². The monoisotopic (exact) mass is 459 g/mol. The minimum atomic E-state index is -4.96. The SMILES string of the molecule is FC(F)(F)Oc1ccccc1NC(=S)N1CCc2c([nH]c3ccccc23)[C@@H]1C(F)(F)F. The van der Waals surface area contributed by atoms with Crippen LogP contribution in [0.3, 0.4) is 0 Å². The zero-order valence-corrected chi connectivity index (χ0v) is 16.5. The molecule has 0 saturated carbocycles. The molecule has 0 radical (unpaired) electrons. The highest BCUT2D eigenvalue weighted by molar-refractivity contribution is 7.80. The quantitative estimate of drug-likeness (QED) is 0.369. The first-order valence-corrected chi connectivity index (χ1v) is 9.54. The number of H-pyrrole nitrogens is 1. The predicted molar refractivity (Wildman–Crippen MR) is 107 cm³/mol. The van der Waals surface area contributed by atoms with Crippen LogP contribution in [0.2, 0.25) is 0 Å². The van der Waals surface area contributed by atoms with E-state index in [0.717, 1.165) is 11.0 Å². The number of nitrogens with zero attached hydrogens (tertiary/aromatic N) is 1. The normalized spacial score (nSPS) is 16.8. The van der Waals surface area contributed by atoms with E-state index in [1.54, 1.807) is 24.3 Å². The van der Waals surface area contributed by atoms with Gasteiger partial charge in [0.1, 0.15) is 0 Å². The number of anilines is 1. The van der Waals surface area contributed by atoms with E-state index in [0.29, 0.717) is 16.5 Å². The molecule has 0 fully saturated rings. The Bertz CT molecular complexity index is 1120. The third kappa shape index (κ3) is 4.27. The Morgan fingerprint density at radius 2 is 1.71 bits per heavy atom. The fourth-order valence-electron chi connectivity index (χ4n) is 3.77. The number of ether oxygens (including phenoxy) is 1. The first-order valence-electron chi connectivity index (χ1n) is 9.13. The second-order valence-corrected chi connectivity index (χ2v) is 7.31. The maximum Gasteiger partial charge on any atom is 0.573 e. The van der Waals surface area contributed by atoms with Crippen LogP contribution in [-0.2, 0) is 6.42 Å². The van der Waals surface area contributed by atoms with Crippen LogP contribution < -0.4 is 10.1 Å². The molecular weight excluding hydrogens is 444 g/mol. The van der Waals surface area contributed by atoms with E-state index in [4.69, 9.17) is 12.2 Å². The summed E-state index contributed by atoms with van der Waals surface area (Å²) in [5, 5.41) is 2.83. The second-order valence-electron chi connectivity index (χ2n) is 6.92. The second kappa shape index (κ2) is 7.63. The van der Waals surface area contributed by atoms with Gasteiger partial charge in [0.25, 0.3) is 0 Å². The maximum absolute atomic E-state index is 14.1. The van der Waals surface area contributed by atoms with Gasteiger partial charge in [-0.3, -0.25) is 0 Å². The van der Waals surface area contributed by atoms with Gasteiger partial charge in [0.05, 0.1) is 11.4 Å². The van der Waals surface area contributed by atoms with Crippen molar-refractivity contribution >= 4 is 33.9 Å². The number of fused-ring (bicyclic) bond motifs is 3. The Kier molecular flexibility index (Phi) is 5.24. The number of para-hydroxylation sites is 3. The van der Waals surface area contributed by atoms with Gasteiger partial charge in [0.2, 0.25) is 0 Å². The summed E-state index contributed by atoms with van der Waals surface area (Å²) < 4.78 is 84.1. The Hall–Kier alpha value is -2.95. The fourth-order valence-corrected chi connectivity index (χ4v) is 4.08. The molecule has 0 saturated heterocycles. The van der Waals surface area contributed by atoms with Crippen LogP contribution in [0.25, 0.3) is 10.9 Å². The van der Waals surface area contributed by atoms with Crippen molar-refractivity contribution in [3.63, 3.8) is 0 Å². The molecule has 11 heteroatoms. The van der Waals surface area contributed by atoms with Crippen molar-refractivity contribution in [2.45, 2.75) is 25.0 Å². The average molecular weight is 459 g/mol. The summed E-state index contributed by atoms with van der Waals surface area (Å²) in [6.07, 6.45) is -9.35. The lowest BCUT2D eigenvalue weighted by molar-refractivity contribution is -0.274. The molecule has 1 aromatic heterocycles. The van der Waals surface area contributed by atoms with Gasteiger partial charge < -0.3 is 19.9 Å². The average Bonchev–Trinajstić information content (AvgIpc) is 3.05. The number of thiocarbonyl (C=S) groups is 1. The first-order chi connectivity index (χ1) is 14.5. The highest BCUT2D eigenvalue weighted by atomic mass is 32.1. The summed E-state index contributed by atoms with van der Waals surface area (Å²) in [5.41, 5.74) is 0.918. The van der Waals surface area contributed by atoms with E-state index in [1.165, 1.54) is 18.2 Å². The van der Waals surface area contributed by atoms with Gasteiger partial charge >= 0.3 is 12.5 Å². The molecular formula is C20H15F6N3OS. The molecule has 0 bridgehead atoms. The van der Waals surface area contributed by atoms with Crippen molar-refractivity contribution in [3.05, 3.63) is 59.8 Å². The molecule has 4 nitrogen and oxygen atoms in total. The minimum Gasteiger partial charge on any atom is -0.404 e. The lowest BCUT2D eigenvalue weighted by Gasteiger charge is -2.38. The molecule has 0 unspecified atom stereocenters. The van der Waals surface area contributed by atoms with Gasteiger partial charge in [0.15, 0.2) is 16.9 Å². The first kappa shape index (κ1) is 21.3. The Balaban J connectivity index is 1.67. The van der Waals surface area contributed by atoms with Crippen LogP contribution >= 0.6 is 12.2 Å². The smallest absolute Gasteiger partial charge is 0.404 e. The highest BCUT2D eigenvalue weighted by Gasteiger charge is 2.49. The van der Waals surface area contributed by atoms with E-state index in [9.17, 15) is 26.3 Å². The van der Waals surface area contributed by atoms with Crippen molar-refractivity contribution in [1.29, 1.82) is 0 Å². The molecule has 1 atom stereocenters. The minimum absolute atomic E-state index is 0.0241. The zero-order chi connectivity index (χ0) is 22.4. The summed E-state index contributed by atoms with van der Waals surface area (Å²) in [6.45, 7) is -0.0623. The van der Waals surface area contributed by atoms with Crippen LogP contribution in [0, 0.1) is 0 Å². The summed E-state index contributed by atoms with van der Waals surface area (Å²) in [7, 11) is 0. The fraction of sp³-hybridized carbons (Fsp3) is 0.250. The molecule has 3 aromatic rings. The van der Waals surface area contributed by atoms with Crippen molar-refractivity contribution in [2.75, 3.05) is 11.9 Å². The third-order valence-corrected chi connectivity index (χ3v) is 5.30. The molecule has 2 aromatic carbocycles. The van der Waals surface area contributed by atoms with Gasteiger partial charge in [-0.05, 0) is 42.4 Å². The van der Waals surface area contributed by atoms with Crippen LogP contribution in [0.15, 0.2) is 48.5 Å².